The maximum atomic E-state index is 12.1. The summed E-state index contributed by atoms with van der Waals surface area (Å²) in [5.74, 6) is -0.504. The third kappa shape index (κ3) is 5.74. The summed E-state index contributed by atoms with van der Waals surface area (Å²) in [6.07, 6.45) is -4.62. The molecule has 0 aliphatic rings. The quantitative estimate of drug-likeness (QED) is 0.865. The summed E-state index contributed by atoms with van der Waals surface area (Å²) in [6.45, 7) is 1.84. The number of alkyl halides is 3. The van der Waals surface area contributed by atoms with E-state index in [4.69, 9.17) is 5.73 Å². The highest BCUT2D eigenvalue weighted by Crippen LogP contribution is 2.21. The first kappa shape index (κ1) is 15.5. The molecule has 0 radical (unpaired) electrons. The van der Waals surface area contributed by atoms with Gasteiger partial charge in [-0.2, -0.15) is 13.2 Å². The van der Waals surface area contributed by atoms with Crippen molar-refractivity contribution >= 4 is 5.91 Å². The molecule has 0 spiro atoms. The number of nitrogens with two attached hydrogens (primary N) is 1. The Balaban J connectivity index is 2.58. The first-order valence-electron chi connectivity index (χ1n) is 5.98. The molecule has 0 saturated carbocycles. The average molecular weight is 274 g/mol. The minimum Gasteiger partial charge on any atom is -0.349 e. The Kier molecular flexibility index (Phi) is 5.35. The lowest BCUT2D eigenvalue weighted by molar-refractivity contribution is -0.138. The van der Waals surface area contributed by atoms with E-state index in [1.807, 2.05) is 0 Å². The fraction of sp³-hybridized carbons (Fsp3) is 0.462. The molecular weight excluding hydrogens is 257 g/mol. The molecule has 0 bridgehead atoms. The van der Waals surface area contributed by atoms with E-state index in [9.17, 15) is 18.0 Å². The van der Waals surface area contributed by atoms with Gasteiger partial charge >= 0.3 is 6.18 Å². The van der Waals surface area contributed by atoms with Crippen LogP contribution in [0.1, 0.15) is 29.3 Å². The molecule has 3 N–H and O–H groups in total. The van der Waals surface area contributed by atoms with Crippen molar-refractivity contribution in [1.29, 1.82) is 0 Å². The van der Waals surface area contributed by atoms with Gasteiger partial charge in [-0.15, -0.1) is 0 Å². The summed E-state index contributed by atoms with van der Waals surface area (Å²) in [6, 6.07) is 5.71. The van der Waals surface area contributed by atoms with Gasteiger partial charge in [0, 0.05) is 11.6 Å². The molecule has 3 nitrogen and oxygen atoms in total. The second-order valence-corrected chi connectivity index (χ2v) is 4.43. The molecule has 0 fully saturated rings. The highest BCUT2D eigenvalue weighted by atomic mass is 19.4. The molecule has 0 saturated heterocycles. The largest absolute Gasteiger partial charge is 0.391 e. The van der Waals surface area contributed by atoms with Crippen LogP contribution in [0, 0.1) is 0 Å². The van der Waals surface area contributed by atoms with Gasteiger partial charge in [0.05, 0.1) is 6.42 Å². The Morgan fingerprint density at radius 1 is 1.32 bits per heavy atom. The number of rotatable bonds is 5. The van der Waals surface area contributed by atoms with E-state index in [1.165, 1.54) is 6.92 Å². The van der Waals surface area contributed by atoms with Gasteiger partial charge in [0.2, 0.25) is 0 Å². The fourth-order valence-corrected chi connectivity index (χ4v) is 1.69. The summed E-state index contributed by atoms with van der Waals surface area (Å²) < 4.78 is 36.4. The molecule has 1 unspecified atom stereocenters. The van der Waals surface area contributed by atoms with Gasteiger partial charge in [-0.3, -0.25) is 4.79 Å². The van der Waals surface area contributed by atoms with Crippen LogP contribution >= 0.6 is 0 Å². The summed E-state index contributed by atoms with van der Waals surface area (Å²) >= 11 is 0. The minimum atomic E-state index is -4.28. The zero-order valence-electron chi connectivity index (χ0n) is 10.6. The molecule has 1 aromatic rings. The normalized spacial score (nSPS) is 13.1. The lowest BCUT2D eigenvalue weighted by Gasteiger charge is -2.15. The van der Waals surface area contributed by atoms with Gasteiger partial charge in [0.15, 0.2) is 0 Å². The van der Waals surface area contributed by atoms with Gasteiger partial charge in [-0.25, -0.2) is 0 Å². The van der Waals surface area contributed by atoms with Crippen LogP contribution in [-0.4, -0.2) is 24.7 Å². The monoisotopic (exact) mass is 274 g/mol. The third-order valence-electron chi connectivity index (χ3n) is 2.56. The van der Waals surface area contributed by atoms with Gasteiger partial charge in [0.1, 0.15) is 0 Å². The Bertz CT molecular complexity index is 415. The van der Waals surface area contributed by atoms with Crippen LogP contribution in [0.5, 0.6) is 0 Å². The molecule has 19 heavy (non-hydrogen) atoms. The van der Waals surface area contributed by atoms with Crippen molar-refractivity contribution in [3.63, 3.8) is 0 Å². The van der Waals surface area contributed by atoms with Gasteiger partial charge < -0.3 is 11.1 Å². The average Bonchev–Trinajstić information content (AvgIpc) is 2.27. The van der Waals surface area contributed by atoms with Crippen LogP contribution in [0.15, 0.2) is 24.3 Å². The van der Waals surface area contributed by atoms with Gasteiger partial charge in [-0.1, -0.05) is 12.1 Å². The first-order chi connectivity index (χ1) is 8.81. The number of halogens is 3. The van der Waals surface area contributed by atoms with Crippen LogP contribution in [-0.2, 0) is 6.42 Å². The summed E-state index contributed by atoms with van der Waals surface area (Å²) in [5, 5.41) is 2.32. The van der Waals surface area contributed by atoms with E-state index in [1.54, 1.807) is 24.3 Å². The van der Waals surface area contributed by atoms with Crippen molar-refractivity contribution in [2.45, 2.75) is 32.0 Å². The van der Waals surface area contributed by atoms with Crippen molar-refractivity contribution in [1.82, 2.24) is 5.32 Å². The number of nitrogens with one attached hydrogen (secondary N) is 1. The predicted octanol–water partition coefficient (Wildman–Crippen LogP) is 2.26. The highest BCUT2D eigenvalue weighted by Gasteiger charge is 2.30. The number of carbonyl (C=O) groups is 1. The van der Waals surface area contributed by atoms with E-state index in [0.29, 0.717) is 18.5 Å². The smallest absolute Gasteiger partial charge is 0.349 e. The topological polar surface area (TPSA) is 55.1 Å². The lowest BCUT2D eigenvalue weighted by Crippen LogP contribution is -2.35. The standard InChI is InChI=1S/C13H17F3N2O/c1-9(8-13(14,15)16)18-12(19)11-4-2-10(3-5-11)6-7-17/h2-5,9H,6-8,17H2,1H3,(H,18,19). The van der Waals surface area contributed by atoms with Crippen molar-refractivity contribution in [2.75, 3.05) is 6.54 Å². The van der Waals surface area contributed by atoms with E-state index < -0.39 is 24.5 Å². The van der Waals surface area contributed by atoms with Crippen molar-refractivity contribution in [3.8, 4) is 0 Å². The van der Waals surface area contributed by atoms with Crippen LogP contribution in [0.2, 0.25) is 0 Å². The molecule has 1 atom stereocenters. The van der Waals surface area contributed by atoms with Crippen molar-refractivity contribution < 1.29 is 18.0 Å². The molecule has 0 heterocycles. The number of benzene rings is 1. The van der Waals surface area contributed by atoms with E-state index in [0.717, 1.165) is 5.56 Å². The molecule has 0 aliphatic heterocycles. The zero-order valence-corrected chi connectivity index (χ0v) is 10.6. The Hall–Kier alpha value is -1.56. The molecular formula is C13H17F3N2O. The Morgan fingerprint density at radius 3 is 2.37 bits per heavy atom. The summed E-state index contributed by atoms with van der Waals surface area (Å²) in [5.41, 5.74) is 6.73. The number of hydrogen-bond donors (Lipinski definition) is 2. The fourth-order valence-electron chi connectivity index (χ4n) is 1.69. The maximum Gasteiger partial charge on any atom is 0.391 e. The van der Waals surface area contributed by atoms with E-state index in [2.05, 4.69) is 5.32 Å². The van der Waals surface area contributed by atoms with Crippen molar-refractivity contribution in [3.05, 3.63) is 35.4 Å². The molecule has 0 aliphatic carbocycles. The van der Waals surface area contributed by atoms with Gasteiger partial charge in [0.25, 0.3) is 5.91 Å². The molecule has 6 heteroatoms. The second-order valence-electron chi connectivity index (χ2n) is 4.43. The Morgan fingerprint density at radius 2 is 1.89 bits per heavy atom. The predicted molar refractivity (Wildman–Crippen MR) is 66.8 cm³/mol. The molecule has 1 amide bonds. The lowest BCUT2D eigenvalue weighted by atomic mass is 10.1. The number of hydrogen-bond acceptors (Lipinski definition) is 2. The third-order valence-corrected chi connectivity index (χ3v) is 2.56. The summed E-state index contributed by atoms with van der Waals surface area (Å²) in [4.78, 5) is 11.7. The first-order valence-corrected chi connectivity index (χ1v) is 5.98. The number of amides is 1. The molecule has 1 rings (SSSR count). The molecule has 0 aromatic heterocycles. The summed E-state index contributed by atoms with van der Waals surface area (Å²) in [7, 11) is 0. The Labute approximate surface area is 110 Å². The second kappa shape index (κ2) is 6.56. The zero-order chi connectivity index (χ0) is 14.5. The van der Waals surface area contributed by atoms with Crippen LogP contribution in [0.3, 0.4) is 0 Å². The SMILES string of the molecule is CC(CC(F)(F)F)NC(=O)c1ccc(CCN)cc1. The highest BCUT2D eigenvalue weighted by molar-refractivity contribution is 5.94. The number of carbonyl (C=O) groups excluding carboxylic acids is 1. The van der Waals surface area contributed by atoms with E-state index in [-0.39, 0.29) is 0 Å². The van der Waals surface area contributed by atoms with Crippen molar-refractivity contribution in [2.24, 2.45) is 5.73 Å². The van der Waals surface area contributed by atoms with Crippen LogP contribution in [0.4, 0.5) is 13.2 Å². The molecule has 1 aromatic carbocycles. The van der Waals surface area contributed by atoms with Crippen LogP contribution < -0.4 is 11.1 Å². The van der Waals surface area contributed by atoms with E-state index >= 15 is 0 Å². The van der Waals surface area contributed by atoms with Gasteiger partial charge in [-0.05, 0) is 37.6 Å². The van der Waals surface area contributed by atoms with Crippen LogP contribution in [0.25, 0.3) is 0 Å². The maximum absolute atomic E-state index is 12.1. The molecule has 106 valence electrons. The minimum absolute atomic E-state index is 0.342.